The third-order valence-corrected chi connectivity index (χ3v) is 5.06. The number of benzene rings is 2. The zero-order chi connectivity index (χ0) is 20.5. The number of alkyl halides is 2. The molecule has 0 unspecified atom stereocenters. The molecule has 0 radical (unpaired) electrons. The van der Waals surface area contributed by atoms with Crippen molar-refractivity contribution in [2.45, 2.75) is 25.7 Å². The molecule has 0 spiro atoms. The zero-order valence-electron chi connectivity index (χ0n) is 14.5. The summed E-state index contributed by atoms with van der Waals surface area (Å²) in [6, 6.07) is 6.56. The topological polar surface area (TPSA) is 16.1 Å². The van der Waals surface area contributed by atoms with Crippen LogP contribution in [0, 0.1) is 11.6 Å². The molecule has 3 rings (SSSR count). The van der Waals surface area contributed by atoms with Crippen LogP contribution in [-0.2, 0) is 18.8 Å². The average Bonchev–Trinajstić information content (AvgIpc) is 3.10. The maximum Gasteiger partial charge on any atom is 0.270 e. The van der Waals surface area contributed by atoms with Crippen molar-refractivity contribution in [3.05, 3.63) is 69.5 Å². The molecule has 2 aromatic carbocycles. The number of rotatable bonds is 6. The van der Waals surface area contributed by atoms with Gasteiger partial charge in [-0.25, -0.2) is 22.5 Å². The molecule has 0 saturated heterocycles. The summed E-state index contributed by atoms with van der Waals surface area (Å²) in [7, 11) is 0. The Bertz CT molecular complexity index is 981. The minimum Gasteiger partial charge on any atom is -0.241 e. The number of nitrogens with zero attached hydrogens (tertiary/aromatic N) is 2. The summed E-state index contributed by atoms with van der Waals surface area (Å²) in [6.07, 6.45) is 0.441. The van der Waals surface area contributed by atoms with Gasteiger partial charge in [0.15, 0.2) is 11.6 Å². The van der Waals surface area contributed by atoms with Gasteiger partial charge in [-0.3, -0.25) is 0 Å². The number of hydrogen-bond donors (Lipinski definition) is 0. The van der Waals surface area contributed by atoms with Crippen molar-refractivity contribution in [2.75, 3.05) is 5.34 Å². The third-order valence-electron chi connectivity index (χ3n) is 4.15. The zero-order valence-corrected chi connectivity index (χ0v) is 15.3. The van der Waals surface area contributed by atoms with E-state index in [-0.39, 0.29) is 18.4 Å². The molecule has 9 heteroatoms. The van der Waals surface area contributed by atoms with E-state index >= 15 is 0 Å². The molecule has 0 aliphatic rings. The highest BCUT2D eigenvalue weighted by Gasteiger charge is 2.26. The summed E-state index contributed by atoms with van der Waals surface area (Å²) in [5.41, 5.74) is -0.0478. The standard InChI is InChI=1S/C19H14F6N2S/c1-19(22,23)13-5-2-11(17(9-13)27(24)25)4-7-18-26-16(10-28-18)12-3-6-14(20)15(21)8-12/h2-3,5-6,8-10H,4,7H2,1H3. The molecule has 148 valence electrons. The van der Waals surface area contributed by atoms with Gasteiger partial charge in [-0.1, -0.05) is 21.1 Å². The molecule has 0 fully saturated rings. The fourth-order valence-corrected chi connectivity index (χ4v) is 3.47. The lowest BCUT2D eigenvalue weighted by molar-refractivity contribution is 0.0174. The highest BCUT2D eigenvalue weighted by atomic mass is 32.1. The van der Waals surface area contributed by atoms with Crippen molar-refractivity contribution in [2.24, 2.45) is 0 Å². The number of aryl methyl sites for hydroxylation is 2. The first kappa shape index (κ1) is 20.2. The van der Waals surface area contributed by atoms with Crippen LogP contribution in [0.25, 0.3) is 11.3 Å². The van der Waals surface area contributed by atoms with Crippen molar-refractivity contribution >= 4 is 17.0 Å². The quantitative estimate of drug-likeness (QED) is 0.334. The molecule has 2 nitrogen and oxygen atoms in total. The van der Waals surface area contributed by atoms with E-state index in [9.17, 15) is 26.5 Å². The second-order valence-electron chi connectivity index (χ2n) is 6.22. The van der Waals surface area contributed by atoms with Crippen LogP contribution >= 0.6 is 11.3 Å². The molecule has 1 heterocycles. The lowest BCUT2D eigenvalue weighted by Gasteiger charge is -2.15. The average molecular weight is 416 g/mol. The van der Waals surface area contributed by atoms with Crippen LogP contribution in [0.3, 0.4) is 0 Å². The smallest absolute Gasteiger partial charge is 0.241 e. The summed E-state index contributed by atoms with van der Waals surface area (Å²) < 4.78 is 79.4. The van der Waals surface area contributed by atoms with Gasteiger partial charge in [0.05, 0.1) is 10.7 Å². The fraction of sp³-hybridized carbons (Fsp3) is 0.211. The van der Waals surface area contributed by atoms with Crippen LogP contribution < -0.4 is 5.34 Å². The second-order valence-corrected chi connectivity index (χ2v) is 7.16. The van der Waals surface area contributed by atoms with Crippen molar-refractivity contribution in [3.63, 3.8) is 0 Å². The Kier molecular flexibility index (Phi) is 5.64. The molecule has 1 aromatic heterocycles. The molecular formula is C19H14F6N2S. The van der Waals surface area contributed by atoms with Gasteiger partial charge in [0, 0.05) is 29.9 Å². The number of anilines is 1. The highest BCUT2D eigenvalue weighted by molar-refractivity contribution is 7.09. The normalized spacial score (nSPS) is 11.7. The molecular weight excluding hydrogens is 402 g/mol. The molecule has 0 amide bonds. The van der Waals surface area contributed by atoms with Crippen LogP contribution in [-0.4, -0.2) is 4.98 Å². The molecule has 0 aliphatic heterocycles. The number of hydrogen-bond acceptors (Lipinski definition) is 3. The van der Waals surface area contributed by atoms with E-state index in [0.717, 1.165) is 24.3 Å². The van der Waals surface area contributed by atoms with Gasteiger partial charge in [-0.05, 0) is 41.6 Å². The maximum absolute atomic E-state index is 13.4. The summed E-state index contributed by atoms with van der Waals surface area (Å²) >= 11 is 1.25. The Labute approximate surface area is 160 Å². The lowest BCUT2D eigenvalue weighted by atomic mass is 10.0. The monoisotopic (exact) mass is 416 g/mol. The van der Waals surface area contributed by atoms with Crippen molar-refractivity contribution in [1.29, 1.82) is 0 Å². The first-order chi connectivity index (χ1) is 13.1. The van der Waals surface area contributed by atoms with Gasteiger partial charge >= 0.3 is 0 Å². The molecule has 28 heavy (non-hydrogen) atoms. The van der Waals surface area contributed by atoms with Crippen LogP contribution in [0.4, 0.5) is 32.2 Å². The van der Waals surface area contributed by atoms with E-state index in [0.29, 0.717) is 23.2 Å². The number of thiazole rings is 1. The van der Waals surface area contributed by atoms with Gasteiger partial charge < -0.3 is 0 Å². The molecule has 0 aliphatic carbocycles. The second kappa shape index (κ2) is 7.83. The van der Waals surface area contributed by atoms with E-state index in [1.165, 1.54) is 23.5 Å². The highest BCUT2D eigenvalue weighted by Crippen LogP contribution is 2.33. The maximum atomic E-state index is 13.4. The van der Waals surface area contributed by atoms with Gasteiger partial charge in [0.25, 0.3) is 5.92 Å². The largest absolute Gasteiger partial charge is 0.270 e. The van der Waals surface area contributed by atoms with E-state index < -0.39 is 34.2 Å². The van der Waals surface area contributed by atoms with Crippen molar-refractivity contribution in [3.8, 4) is 11.3 Å². The SMILES string of the molecule is CC(F)(F)c1ccc(CCc2nc(-c3ccc(F)c(F)c3)cs2)c(N(F)F)c1. The Balaban J connectivity index is 1.77. The number of aromatic nitrogens is 1. The summed E-state index contributed by atoms with van der Waals surface area (Å²) in [6.45, 7) is 0.641. The Hall–Kier alpha value is -2.55. The summed E-state index contributed by atoms with van der Waals surface area (Å²) in [5.74, 6) is -5.18. The number of halogens is 6. The van der Waals surface area contributed by atoms with Gasteiger partial charge in [0.2, 0.25) is 0 Å². The van der Waals surface area contributed by atoms with E-state index in [1.54, 1.807) is 5.38 Å². The molecule has 3 aromatic rings. The van der Waals surface area contributed by atoms with E-state index in [2.05, 4.69) is 4.98 Å². The predicted octanol–water partition coefficient (Wildman–Crippen LogP) is 6.56. The first-order valence-corrected chi connectivity index (χ1v) is 9.06. The Morgan fingerprint density at radius 3 is 2.39 bits per heavy atom. The van der Waals surface area contributed by atoms with Crippen LogP contribution in [0.15, 0.2) is 41.8 Å². The summed E-state index contributed by atoms with van der Waals surface area (Å²) in [5, 5.41) is 1.07. The minimum atomic E-state index is -3.22. The molecule has 0 N–H and O–H groups in total. The van der Waals surface area contributed by atoms with Crippen LogP contribution in [0.5, 0.6) is 0 Å². The van der Waals surface area contributed by atoms with Gasteiger partial charge in [-0.2, -0.15) is 0 Å². The third kappa shape index (κ3) is 4.46. The van der Waals surface area contributed by atoms with Crippen molar-refractivity contribution in [1.82, 2.24) is 4.98 Å². The van der Waals surface area contributed by atoms with Gasteiger partial charge in [0.1, 0.15) is 5.69 Å². The van der Waals surface area contributed by atoms with Crippen LogP contribution in [0.2, 0.25) is 0 Å². The Morgan fingerprint density at radius 2 is 1.75 bits per heavy atom. The lowest BCUT2D eigenvalue weighted by Crippen LogP contribution is -2.10. The van der Waals surface area contributed by atoms with E-state index in [4.69, 9.17) is 0 Å². The molecule has 0 bridgehead atoms. The minimum absolute atomic E-state index is 0.153. The fourth-order valence-electron chi connectivity index (χ4n) is 2.66. The van der Waals surface area contributed by atoms with Gasteiger partial charge in [-0.15, -0.1) is 11.3 Å². The first-order valence-electron chi connectivity index (χ1n) is 8.18. The molecule has 0 atom stereocenters. The predicted molar refractivity (Wildman–Crippen MR) is 95.6 cm³/mol. The molecule has 0 saturated carbocycles. The summed E-state index contributed by atoms with van der Waals surface area (Å²) in [4.78, 5) is 4.31. The van der Waals surface area contributed by atoms with Crippen molar-refractivity contribution < 1.29 is 26.5 Å². The Morgan fingerprint density at radius 1 is 1.00 bits per heavy atom. The van der Waals surface area contributed by atoms with Crippen LogP contribution in [0.1, 0.15) is 23.1 Å². The van der Waals surface area contributed by atoms with E-state index in [1.807, 2.05) is 0 Å².